The third kappa shape index (κ3) is 23.1. The fourth-order valence-electron chi connectivity index (χ4n) is 7.56. The number of amides is 5. The van der Waals surface area contributed by atoms with Crippen LogP contribution in [0.2, 0.25) is 0 Å². The molecule has 0 radical (unpaired) electrons. The van der Waals surface area contributed by atoms with Crippen LogP contribution in [0.15, 0.2) is 29.3 Å². The molecule has 10 atom stereocenters. The molecule has 1 aromatic rings. The zero-order chi connectivity index (χ0) is 53.1. The molecule has 0 aromatic heterocycles. The first-order chi connectivity index (χ1) is 33.0. The maximum atomic E-state index is 14.4. The first-order valence-electron chi connectivity index (χ1n) is 24.1. The Balaban J connectivity index is 3.60. The number of phenols is 1. The molecule has 0 unspecified atom stereocenters. The van der Waals surface area contributed by atoms with Crippen LogP contribution in [0.5, 0.6) is 5.75 Å². The summed E-state index contributed by atoms with van der Waals surface area (Å²) in [5.74, 6) is -12.6. The number of unbranched alkanes of at least 4 members (excludes halogenated alkanes) is 2. The van der Waals surface area contributed by atoms with Crippen LogP contribution in [0.3, 0.4) is 0 Å². The average molecular weight is 990 g/mol. The van der Waals surface area contributed by atoms with Gasteiger partial charge in [0, 0.05) is 37.6 Å². The quantitative estimate of drug-likeness (QED) is 0.0237. The molecule has 0 bridgehead atoms. The van der Waals surface area contributed by atoms with E-state index >= 15 is 0 Å². The maximum Gasteiger partial charge on any atom is 0.305 e. The van der Waals surface area contributed by atoms with E-state index in [1.807, 2.05) is 13.8 Å². The molecule has 0 aliphatic heterocycles. The number of hydrogen-bond acceptors (Lipinski definition) is 14. The van der Waals surface area contributed by atoms with Crippen molar-refractivity contribution in [2.24, 2.45) is 57.5 Å². The average Bonchev–Trinajstić information content (AvgIpc) is 3.30. The number of ketones is 3. The van der Waals surface area contributed by atoms with E-state index in [0.29, 0.717) is 37.7 Å². The van der Waals surface area contributed by atoms with E-state index in [4.69, 9.17) is 22.9 Å². The Bertz CT molecular complexity index is 1910. The summed E-state index contributed by atoms with van der Waals surface area (Å²) in [6, 6.07) is 0.637. The second-order valence-electron chi connectivity index (χ2n) is 18.1. The molecule has 16 N–H and O–H groups in total. The summed E-state index contributed by atoms with van der Waals surface area (Å²) in [4.78, 5) is 125. The number of primary amides is 1. The molecule has 394 valence electrons. The summed E-state index contributed by atoms with van der Waals surface area (Å²) < 4.78 is 0. The Hall–Kier alpha value is -6.00. The number of benzene rings is 1. The lowest BCUT2D eigenvalue weighted by molar-refractivity contribution is -0.142. The van der Waals surface area contributed by atoms with Crippen molar-refractivity contribution in [2.75, 3.05) is 19.7 Å². The largest absolute Gasteiger partial charge is 0.508 e. The van der Waals surface area contributed by atoms with Crippen molar-refractivity contribution in [1.82, 2.24) is 21.3 Å². The Labute approximate surface area is 410 Å². The number of aliphatic imine (C=N–C) groups is 1. The standard InChI is InChI=1S/C48H79N9O13/c1-6-8-14-35(54-44(67)28(4)26-58)40(63)24-34(29(5)59)47(70)56-37(25-41(64)65)39(62)22-31(12-9-10-19-49)45(68)55-36(21-30-15-17-33(60)18-16-30)38(61)23-32(13-11-20-53-48(51)52)46(69)57-42(43(50)66)27(3)7-2/h15-18,27-29,31-32,34-37,42,58-60H,6-14,19-26,49H2,1-5H3,(H2,50,66)(H,54,67)(H,55,68)(H,56,70)(H,57,69)(H,64,65)(H4,51,52,53)/t27-,28-,29+,31+,32+,34-,35-,36-,37-,42-/m0/s1. The Kier molecular flexibility index (Phi) is 29.0. The highest BCUT2D eigenvalue weighted by atomic mass is 16.4. The van der Waals surface area contributed by atoms with Gasteiger partial charge in [0.1, 0.15) is 11.8 Å². The number of nitrogens with two attached hydrogens (primary N) is 4. The number of carboxylic acids is 1. The number of nitrogens with zero attached hydrogens (tertiary/aromatic N) is 1. The molecule has 0 spiro atoms. The number of Topliss-reactive ketones (excluding diaryl/α,β-unsaturated/α-hetero) is 3. The minimum Gasteiger partial charge on any atom is -0.508 e. The summed E-state index contributed by atoms with van der Waals surface area (Å²) in [6.45, 7) is 7.98. The number of phenolic OH excluding ortho intramolecular Hbond substituents is 1. The number of carboxylic acid groups (broad SMARTS) is 1. The van der Waals surface area contributed by atoms with Gasteiger partial charge in [-0.2, -0.15) is 0 Å². The third-order valence-corrected chi connectivity index (χ3v) is 12.2. The van der Waals surface area contributed by atoms with Crippen molar-refractivity contribution in [2.45, 2.75) is 155 Å². The number of aromatic hydroxyl groups is 1. The summed E-state index contributed by atoms with van der Waals surface area (Å²) in [5.41, 5.74) is 22.8. The fourth-order valence-corrected chi connectivity index (χ4v) is 7.56. The van der Waals surface area contributed by atoms with E-state index in [9.17, 15) is 63.6 Å². The molecule has 22 heteroatoms. The zero-order valence-electron chi connectivity index (χ0n) is 41.3. The lowest BCUT2D eigenvalue weighted by Gasteiger charge is -2.27. The molecular formula is C48H79N9O13. The molecule has 0 fully saturated rings. The second kappa shape index (κ2) is 32.7. The van der Waals surface area contributed by atoms with Crippen LogP contribution in [-0.4, -0.2) is 129 Å². The van der Waals surface area contributed by atoms with Gasteiger partial charge in [0.2, 0.25) is 29.5 Å². The van der Waals surface area contributed by atoms with E-state index in [2.05, 4.69) is 26.3 Å². The van der Waals surface area contributed by atoms with Crippen LogP contribution in [-0.2, 0) is 49.6 Å². The van der Waals surface area contributed by atoms with E-state index in [-0.39, 0.29) is 62.8 Å². The predicted molar refractivity (Wildman–Crippen MR) is 260 cm³/mol. The van der Waals surface area contributed by atoms with Crippen molar-refractivity contribution >= 4 is 58.8 Å². The van der Waals surface area contributed by atoms with Crippen molar-refractivity contribution < 1.29 is 63.6 Å². The van der Waals surface area contributed by atoms with Crippen LogP contribution in [0.25, 0.3) is 0 Å². The van der Waals surface area contributed by atoms with Crippen molar-refractivity contribution in [3.63, 3.8) is 0 Å². The monoisotopic (exact) mass is 990 g/mol. The van der Waals surface area contributed by atoms with Gasteiger partial charge in [-0.1, -0.05) is 65.5 Å². The van der Waals surface area contributed by atoms with Crippen LogP contribution >= 0.6 is 0 Å². The van der Waals surface area contributed by atoms with Gasteiger partial charge in [-0.15, -0.1) is 0 Å². The molecule has 22 nitrogen and oxygen atoms in total. The number of rotatable bonds is 37. The molecule has 0 saturated carbocycles. The number of carbonyl (C=O) groups excluding carboxylic acids is 8. The normalized spacial score (nSPS) is 15.5. The van der Waals surface area contributed by atoms with Crippen LogP contribution < -0.4 is 44.2 Å². The molecule has 0 aliphatic rings. The Morgan fingerprint density at radius 3 is 1.71 bits per heavy atom. The Morgan fingerprint density at radius 1 is 0.657 bits per heavy atom. The minimum absolute atomic E-state index is 0.0349. The number of nitrogens with one attached hydrogen (secondary N) is 4. The lowest BCUT2D eigenvalue weighted by atomic mass is 9.88. The van der Waals surface area contributed by atoms with E-state index in [1.165, 1.54) is 38.1 Å². The van der Waals surface area contributed by atoms with Crippen molar-refractivity contribution in [3.05, 3.63) is 29.8 Å². The fraction of sp³-hybridized carbons (Fsp3) is 0.667. The summed E-state index contributed by atoms with van der Waals surface area (Å²) >= 11 is 0. The number of aliphatic hydroxyl groups excluding tert-OH is 2. The van der Waals surface area contributed by atoms with Gasteiger partial charge >= 0.3 is 5.97 Å². The highest BCUT2D eigenvalue weighted by molar-refractivity contribution is 5.98. The van der Waals surface area contributed by atoms with Gasteiger partial charge in [0.15, 0.2) is 23.3 Å². The van der Waals surface area contributed by atoms with Gasteiger partial charge in [0.05, 0.1) is 49.1 Å². The molecule has 0 heterocycles. The van der Waals surface area contributed by atoms with Gasteiger partial charge in [-0.25, -0.2) is 0 Å². The zero-order valence-corrected chi connectivity index (χ0v) is 41.3. The summed E-state index contributed by atoms with van der Waals surface area (Å²) in [5, 5.41) is 50.3. The smallest absolute Gasteiger partial charge is 0.305 e. The summed E-state index contributed by atoms with van der Waals surface area (Å²) in [7, 11) is 0. The third-order valence-electron chi connectivity index (χ3n) is 12.2. The SMILES string of the molecule is CCCC[C@H](NC(=O)[C@@H](C)CO)C(=O)C[C@H](C(=O)N[C@@H](CC(=O)O)C(=O)C[C@@H](CCCCN)C(=O)N[C@@H](Cc1ccc(O)cc1)C(=O)C[C@@H](CCCN=C(N)N)C(=O)N[C@H](C(N)=O)[C@@H](C)CC)[C@@H](C)O. The van der Waals surface area contributed by atoms with E-state index < -0.39 is 139 Å². The molecule has 1 rings (SSSR count). The molecule has 1 aromatic carbocycles. The predicted octanol–water partition coefficient (Wildman–Crippen LogP) is -0.0118. The van der Waals surface area contributed by atoms with Gasteiger partial charge in [-0.3, -0.25) is 48.1 Å². The van der Waals surface area contributed by atoms with E-state index in [0.717, 1.165) is 0 Å². The van der Waals surface area contributed by atoms with Gasteiger partial charge < -0.3 is 64.6 Å². The number of aliphatic carboxylic acids is 1. The molecule has 0 saturated heterocycles. The lowest BCUT2D eigenvalue weighted by Crippen LogP contribution is -2.51. The first-order valence-corrected chi connectivity index (χ1v) is 24.1. The number of guanidine groups is 1. The molecular weight excluding hydrogens is 911 g/mol. The molecule has 0 aliphatic carbocycles. The highest BCUT2D eigenvalue weighted by Crippen LogP contribution is 2.22. The van der Waals surface area contributed by atoms with Gasteiger partial charge in [-0.05, 0) is 75.6 Å². The maximum absolute atomic E-state index is 14.4. The van der Waals surface area contributed by atoms with Crippen LogP contribution in [0, 0.1) is 29.6 Å². The summed E-state index contributed by atoms with van der Waals surface area (Å²) in [6.07, 6.45) is -1.20. The number of carbonyl (C=O) groups is 9. The topological polar surface area (TPSA) is 399 Å². The van der Waals surface area contributed by atoms with Crippen LogP contribution in [0.4, 0.5) is 0 Å². The van der Waals surface area contributed by atoms with Crippen molar-refractivity contribution in [3.8, 4) is 5.75 Å². The first kappa shape index (κ1) is 62.0. The number of hydrogen-bond donors (Lipinski definition) is 12. The number of aliphatic hydroxyl groups is 2. The second-order valence-corrected chi connectivity index (χ2v) is 18.1. The molecule has 70 heavy (non-hydrogen) atoms. The van der Waals surface area contributed by atoms with E-state index in [1.54, 1.807) is 6.92 Å². The Morgan fingerprint density at radius 2 is 1.20 bits per heavy atom. The van der Waals surface area contributed by atoms with Gasteiger partial charge in [0.25, 0.3) is 0 Å². The van der Waals surface area contributed by atoms with Crippen LogP contribution in [0.1, 0.15) is 124 Å². The minimum atomic E-state index is -1.74. The highest BCUT2D eigenvalue weighted by Gasteiger charge is 2.37. The van der Waals surface area contributed by atoms with Crippen molar-refractivity contribution in [1.29, 1.82) is 0 Å². The molecule has 5 amide bonds.